The Morgan fingerprint density at radius 1 is 1.10 bits per heavy atom. The zero-order valence-electron chi connectivity index (χ0n) is 23.0. The number of fused-ring (bicyclic) bond motifs is 2. The van der Waals surface area contributed by atoms with Crippen LogP contribution in [0.3, 0.4) is 0 Å². The number of rotatable bonds is 11. The van der Waals surface area contributed by atoms with Gasteiger partial charge in [0.1, 0.15) is 17.1 Å². The van der Waals surface area contributed by atoms with Gasteiger partial charge in [-0.25, -0.2) is 14.8 Å². The van der Waals surface area contributed by atoms with Crippen LogP contribution in [-0.2, 0) is 30.6 Å². The smallest absolute Gasteiger partial charge is 0.349 e. The minimum Gasteiger partial charge on any atom is -0.478 e. The second-order valence-corrected chi connectivity index (χ2v) is 9.93. The Labute approximate surface area is 228 Å². The zero-order chi connectivity index (χ0) is 27.5. The fourth-order valence-corrected chi connectivity index (χ4v) is 5.31. The third-order valence-electron chi connectivity index (χ3n) is 7.08. The zero-order valence-corrected chi connectivity index (χ0v) is 23.0. The van der Waals surface area contributed by atoms with Crippen LogP contribution in [0.2, 0.25) is 0 Å². The number of benzene rings is 2. The van der Waals surface area contributed by atoms with Gasteiger partial charge in [-0.3, -0.25) is 0 Å². The van der Waals surface area contributed by atoms with Crippen LogP contribution in [0.25, 0.3) is 11.2 Å². The summed E-state index contributed by atoms with van der Waals surface area (Å²) >= 11 is 0. The molecule has 1 atom stereocenters. The number of aryl methyl sites for hydroxylation is 4. The number of ether oxygens (including phenoxy) is 3. The summed E-state index contributed by atoms with van der Waals surface area (Å²) in [4.78, 5) is 22.0. The molecule has 204 valence electrons. The van der Waals surface area contributed by atoms with Gasteiger partial charge in [0.2, 0.25) is 12.9 Å². The summed E-state index contributed by atoms with van der Waals surface area (Å²) in [6, 6.07) is 11.5. The standard InChI is InChI=1S/C31H35N3O5/c1-5-9-21-15-20(17-34-25(7-3)33-26-19(4)13-14-32-30(26)34)16-22(10-6-2)27(21)39-29(31(35)36)23-11-8-12-24-28(23)38-18-37-24/h8,11-16,29H,5-7,9-10,17-18H2,1-4H3,(H,35,36). The minimum atomic E-state index is -1.23. The summed E-state index contributed by atoms with van der Waals surface area (Å²) in [5, 5.41) is 10.2. The van der Waals surface area contributed by atoms with Gasteiger partial charge in [0.05, 0.1) is 6.54 Å². The first-order chi connectivity index (χ1) is 18.9. The summed E-state index contributed by atoms with van der Waals surface area (Å²) in [6.07, 6.45) is 4.73. The predicted molar refractivity (Wildman–Crippen MR) is 149 cm³/mol. The van der Waals surface area contributed by atoms with Gasteiger partial charge in [0.25, 0.3) is 0 Å². The topological polar surface area (TPSA) is 95.7 Å². The van der Waals surface area contributed by atoms with Crippen molar-refractivity contribution in [2.75, 3.05) is 6.79 Å². The fraction of sp³-hybridized carbons (Fsp3) is 0.387. The van der Waals surface area contributed by atoms with Crippen LogP contribution in [-0.4, -0.2) is 32.4 Å². The number of hydrogen-bond acceptors (Lipinski definition) is 6. The molecular weight excluding hydrogens is 494 g/mol. The highest BCUT2D eigenvalue weighted by Crippen LogP contribution is 2.41. The highest BCUT2D eigenvalue weighted by atomic mass is 16.7. The van der Waals surface area contributed by atoms with Crippen molar-refractivity contribution in [2.24, 2.45) is 0 Å². The van der Waals surface area contributed by atoms with Gasteiger partial charge in [-0.15, -0.1) is 0 Å². The molecule has 4 aromatic rings. The number of imidazole rings is 1. The minimum absolute atomic E-state index is 0.0621. The molecule has 2 aromatic heterocycles. The van der Waals surface area contributed by atoms with Crippen LogP contribution >= 0.6 is 0 Å². The number of aliphatic carboxylic acids is 1. The maximum Gasteiger partial charge on any atom is 0.349 e. The molecule has 1 aliphatic heterocycles. The fourth-order valence-electron chi connectivity index (χ4n) is 5.31. The third kappa shape index (κ3) is 5.15. The molecule has 1 unspecified atom stereocenters. The quantitative estimate of drug-likeness (QED) is 0.248. The average Bonchev–Trinajstić information content (AvgIpc) is 3.54. The molecule has 0 radical (unpaired) electrons. The van der Waals surface area contributed by atoms with Crippen molar-refractivity contribution in [2.45, 2.75) is 72.4 Å². The van der Waals surface area contributed by atoms with Crippen molar-refractivity contribution in [1.29, 1.82) is 0 Å². The Balaban J connectivity index is 1.58. The normalized spacial score (nSPS) is 13.1. The van der Waals surface area contributed by atoms with Crippen molar-refractivity contribution in [3.05, 3.63) is 76.2 Å². The van der Waals surface area contributed by atoms with Gasteiger partial charge in [0, 0.05) is 18.2 Å². The van der Waals surface area contributed by atoms with Crippen molar-refractivity contribution >= 4 is 17.1 Å². The third-order valence-corrected chi connectivity index (χ3v) is 7.08. The van der Waals surface area contributed by atoms with E-state index in [0.29, 0.717) is 29.4 Å². The van der Waals surface area contributed by atoms with E-state index in [-0.39, 0.29) is 6.79 Å². The second-order valence-electron chi connectivity index (χ2n) is 9.93. The number of aromatic nitrogens is 3. The van der Waals surface area contributed by atoms with Crippen LogP contribution in [0.15, 0.2) is 42.6 Å². The monoisotopic (exact) mass is 529 g/mol. The lowest BCUT2D eigenvalue weighted by molar-refractivity contribution is -0.145. The predicted octanol–water partition coefficient (Wildman–Crippen LogP) is 6.19. The highest BCUT2D eigenvalue weighted by Gasteiger charge is 2.31. The number of carbonyl (C=O) groups is 1. The van der Waals surface area contributed by atoms with Gasteiger partial charge < -0.3 is 23.9 Å². The van der Waals surface area contributed by atoms with Crippen molar-refractivity contribution in [3.8, 4) is 17.2 Å². The van der Waals surface area contributed by atoms with Crippen molar-refractivity contribution in [1.82, 2.24) is 14.5 Å². The highest BCUT2D eigenvalue weighted by molar-refractivity contribution is 5.77. The SMILES string of the molecule is CCCc1cc(Cn2c(CC)nc3c(C)ccnc32)cc(CCC)c1OC(C(=O)O)c1cccc2c1OCO2. The molecule has 0 aliphatic carbocycles. The molecule has 0 amide bonds. The largest absolute Gasteiger partial charge is 0.478 e. The van der Waals surface area contributed by atoms with Gasteiger partial charge >= 0.3 is 5.97 Å². The molecule has 39 heavy (non-hydrogen) atoms. The molecule has 5 rings (SSSR count). The molecule has 3 heterocycles. The van der Waals surface area contributed by atoms with Crippen molar-refractivity contribution < 1.29 is 24.1 Å². The van der Waals surface area contributed by atoms with E-state index in [0.717, 1.165) is 71.3 Å². The maximum atomic E-state index is 12.5. The summed E-state index contributed by atoms with van der Waals surface area (Å²) in [7, 11) is 0. The average molecular weight is 530 g/mol. The van der Waals surface area contributed by atoms with Crippen LogP contribution in [0.1, 0.15) is 73.4 Å². The molecular formula is C31H35N3O5. The Hall–Kier alpha value is -4.07. The number of carboxylic acid groups (broad SMARTS) is 1. The first kappa shape index (κ1) is 26.5. The Morgan fingerprint density at radius 2 is 1.85 bits per heavy atom. The molecule has 1 aliphatic rings. The molecule has 0 bridgehead atoms. The molecule has 0 fully saturated rings. The number of carboxylic acids is 1. The van der Waals surface area contributed by atoms with Crippen LogP contribution in [0, 0.1) is 6.92 Å². The van der Waals surface area contributed by atoms with E-state index < -0.39 is 12.1 Å². The summed E-state index contributed by atoms with van der Waals surface area (Å²) in [5.41, 5.74) is 6.50. The molecule has 8 nitrogen and oxygen atoms in total. The Kier molecular flexibility index (Phi) is 7.72. The van der Waals surface area contributed by atoms with E-state index in [1.165, 1.54) is 0 Å². The van der Waals surface area contributed by atoms with Crippen molar-refractivity contribution in [3.63, 3.8) is 0 Å². The first-order valence-corrected chi connectivity index (χ1v) is 13.7. The summed E-state index contributed by atoms with van der Waals surface area (Å²) in [5.74, 6) is 1.52. The van der Waals surface area contributed by atoms with Crippen LogP contribution in [0.5, 0.6) is 17.2 Å². The molecule has 1 N–H and O–H groups in total. The van der Waals surface area contributed by atoms with E-state index in [1.54, 1.807) is 18.2 Å². The molecule has 2 aromatic carbocycles. The van der Waals surface area contributed by atoms with Gasteiger partial charge in [0.15, 0.2) is 17.1 Å². The first-order valence-electron chi connectivity index (χ1n) is 13.7. The van der Waals surface area contributed by atoms with Gasteiger partial charge in [-0.05, 0) is 54.2 Å². The second kappa shape index (κ2) is 11.4. The number of pyridine rings is 1. The lowest BCUT2D eigenvalue weighted by Crippen LogP contribution is -2.20. The van der Waals surface area contributed by atoms with Crippen LogP contribution in [0.4, 0.5) is 0 Å². The Bertz CT molecular complexity index is 1480. The summed E-state index contributed by atoms with van der Waals surface area (Å²) < 4.78 is 19.7. The summed E-state index contributed by atoms with van der Waals surface area (Å²) in [6.45, 7) is 9.09. The Morgan fingerprint density at radius 3 is 2.51 bits per heavy atom. The van der Waals surface area contributed by atoms with Gasteiger partial charge in [-0.1, -0.05) is 57.9 Å². The van der Waals surface area contributed by atoms with E-state index >= 15 is 0 Å². The van der Waals surface area contributed by atoms with E-state index in [2.05, 4.69) is 49.4 Å². The molecule has 8 heteroatoms. The molecule has 0 saturated heterocycles. The molecule has 0 saturated carbocycles. The van der Waals surface area contributed by atoms with E-state index in [1.807, 2.05) is 12.3 Å². The van der Waals surface area contributed by atoms with E-state index in [4.69, 9.17) is 19.2 Å². The van der Waals surface area contributed by atoms with E-state index in [9.17, 15) is 9.90 Å². The van der Waals surface area contributed by atoms with Gasteiger partial charge in [-0.2, -0.15) is 0 Å². The lowest BCUT2D eigenvalue weighted by Gasteiger charge is -2.23. The number of hydrogen-bond donors (Lipinski definition) is 1. The molecule has 0 spiro atoms. The number of para-hydroxylation sites is 1. The lowest BCUT2D eigenvalue weighted by atomic mass is 9.97. The number of nitrogens with zero attached hydrogens (tertiary/aromatic N) is 3. The maximum absolute atomic E-state index is 12.5. The van der Waals surface area contributed by atoms with Crippen LogP contribution < -0.4 is 14.2 Å².